The highest BCUT2D eigenvalue weighted by atomic mass is 16.5. The first-order valence-corrected chi connectivity index (χ1v) is 5.96. The van der Waals surface area contributed by atoms with Gasteiger partial charge in [-0.15, -0.1) is 0 Å². The van der Waals surface area contributed by atoms with Crippen molar-refractivity contribution in [3.63, 3.8) is 0 Å². The number of carbonyl (C=O) groups is 1. The van der Waals surface area contributed by atoms with Gasteiger partial charge in [-0.25, -0.2) is 0 Å². The molecular formula is C12H25NO3. The summed E-state index contributed by atoms with van der Waals surface area (Å²) < 4.78 is 10.4. The summed E-state index contributed by atoms with van der Waals surface area (Å²) in [5, 5.41) is 3.22. The van der Waals surface area contributed by atoms with Gasteiger partial charge in [0.25, 0.3) is 0 Å². The quantitative estimate of drug-likeness (QED) is 0.510. The van der Waals surface area contributed by atoms with Crippen molar-refractivity contribution < 1.29 is 14.3 Å². The Bertz CT molecular complexity index is 187. The highest BCUT2D eigenvalue weighted by Crippen LogP contribution is 2.04. The van der Waals surface area contributed by atoms with Crippen molar-refractivity contribution in [1.29, 1.82) is 0 Å². The molecule has 96 valence electrons. The van der Waals surface area contributed by atoms with Gasteiger partial charge >= 0.3 is 5.97 Å². The van der Waals surface area contributed by atoms with Gasteiger partial charge in [0, 0.05) is 13.0 Å². The van der Waals surface area contributed by atoms with Crippen LogP contribution in [-0.2, 0) is 14.3 Å². The molecule has 4 nitrogen and oxygen atoms in total. The lowest BCUT2D eigenvalue weighted by molar-refractivity contribution is -0.143. The van der Waals surface area contributed by atoms with Crippen molar-refractivity contribution in [3.05, 3.63) is 0 Å². The van der Waals surface area contributed by atoms with Crippen LogP contribution >= 0.6 is 0 Å². The number of hydrogen-bond donors (Lipinski definition) is 1. The van der Waals surface area contributed by atoms with Crippen LogP contribution < -0.4 is 5.32 Å². The summed E-state index contributed by atoms with van der Waals surface area (Å²) in [6, 6.07) is 0. The van der Waals surface area contributed by atoms with E-state index in [0.29, 0.717) is 19.6 Å². The van der Waals surface area contributed by atoms with Crippen LogP contribution in [0.25, 0.3) is 0 Å². The first-order chi connectivity index (χ1) is 7.45. The van der Waals surface area contributed by atoms with Gasteiger partial charge in [-0.05, 0) is 40.7 Å². The topological polar surface area (TPSA) is 47.6 Å². The highest BCUT2D eigenvalue weighted by Gasteiger charge is 2.08. The fourth-order valence-electron chi connectivity index (χ4n) is 1.15. The maximum atomic E-state index is 11.0. The van der Waals surface area contributed by atoms with Gasteiger partial charge in [0.1, 0.15) is 0 Å². The van der Waals surface area contributed by atoms with Crippen LogP contribution in [0, 0.1) is 0 Å². The largest absolute Gasteiger partial charge is 0.466 e. The molecule has 16 heavy (non-hydrogen) atoms. The van der Waals surface area contributed by atoms with Crippen molar-refractivity contribution in [2.45, 2.75) is 46.1 Å². The Hall–Kier alpha value is -0.610. The molecule has 0 saturated carbocycles. The van der Waals surface area contributed by atoms with E-state index in [1.54, 1.807) is 0 Å². The minimum atomic E-state index is -0.116. The molecule has 0 atom stereocenters. The van der Waals surface area contributed by atoms with Crippen molar-refractivity contribution in [1.82, 2.24) is 5.32 Å². The molecule has 0 aliphatic carbocycles. The first-order valence-electron chi connectivity index (χ1n) is 5.96. The Labute approximate surface area is 98.7 Å². The zero-order chi connectivity index (χ0) is 12.4. The normalized spacial score (nSPS) is 11.5. The minimum Gasteiger partial charge on any atom is -0.466 e. The summed E-state index contributed by atoms with van der Waals surface area (Å²) in [6.45, 7) is 10.7. The third-order valence-electron chi connectivity index (χ3n) is 1.85. The third kappa shape index (κ3) is 11.5. The summed E-state index contributed by atoms with van der Waals surface area (Å²) in [7, 11) is 0. The molecule has 0 unspecified atom stereocenters. The maximum Gasteiger partial charge on any atom is 0.305 e. The molecule has 0 aromatic heterocycles. The molecule has 0 aliphatic heterocycles. The van der Waals surface area contributed by atoms with E-state index in [1.807, 2.05) is 27.7 Å². The number of esters is 1. The van der Waals surface area contributed by atoms with Gasteiger partial charge in [-0.3, -0.25) is 4.79 Å². The summed E-state index contributed by atoms with van der Waals surface area (Å²) >= 11 is 0. The van der Waals surface area contributed by atoms with Gasteiger partial charge in [-0.2, -0.15) is 0 Å². The van der Waals surface area contributed by atoms with Gasteiger partial charge < -0.3 is 14.8 Å². The van der Waals surface area contributed by atoms with E-state index in [2.05, 4.69) is 5.32 Å². The monoisotopic (exact) mass is 231 g/mol. The fourth-order valence-corrected chi connectivity index (χ4v) is 1.15. The third-order valence-corrected chi connectivity index (χ3v) is 1.85. The molecule has 1 N–H and O–H groups in total. The van der Waals surface area contributed by atoms with Gasteiger partial charge in [-0.1, -0.05) is 0 Å². The summed E-state index contributed by atoms with van der Waals surface area (Å²) in [5.74, 6) is -0.116. The zero-order valence-electron chi connectivity index (χ0n) is 11.0. The molecule has 0 amide bonds. The first kappa shape index (κ1) is 15.4. The molecule has 0 heterocycles. The van der Waals surface area contributed by atoms with E-state index < -0.39 is 0 Å². The van der Waals surface area contributed by atoms with Crippen LogP contribution in [0.4, 0.5) is 0 Å². The van der Waals surface area contributed by atoms with Crippen molar-refractivity contribution in [3.8, 4) is 0 Å². The number of hydrogen-bond acceptors (Lipinski definition) is 4. The Balaban J connectivity index is 3.19. The molecule has 0 radical (unpaired) electrons. The van der Waals surface area contributed by atoms with Crippen LogP contribution in [0.15, 0.2) is 0 Å². The molecule has 0 fully saturated rings. The van der Waals surface area contributed by atoms with E-state index in [0.717, 1.165) is 19.5 Å². The second-order valence-electron chi connectivity index (χ2n) is 4.62. The predicted octanol–water partition coefficient (Wildman–Crippen LogP) is 1.73. The van der Waals surface area contributed by atoms with Crippen molar-refractivity contribution in [2.24, 2.45) is 0 Å². The van der Waals surface area contributed by atoms with Crippen LogP contribution in [-0.4, -0.2) is 37.9 Å². The number of rotatable bonds is 8. The van der Waals surface area contributed by atoms with Gasteiger partial charge in [0.15, 0.2) is 0 Å². The van der Waals surface area contributed by atoms with E-state index in [9.17, 15) is 4.79 Å². The molecule has 0 rings (SSSR count). The van der Waals surface area contributed by atoms with Crippen LogP contribution in [0.5, 0.6) is 0 Å². The lowest BCUT2D eigenvalue weighted by Crippen LogP contribution is -2.27. The number of ether oxygens (including phenoxy) is 2. The van der Waals surface area contributed by atoms with E-state index >= 15 is 0 Å². The SMILES string of the molecule is CCOC(=O)CCCNCCOC(C)(C)C. The van der Waals surface area contributed by atoms with Crippen LogP contribution in [0.3, 0.4) is 0 Å². The Morgan fingerprint density at radius 2 is 1.94 bits per heavy atom. The molecule has 0 aromatic rings. The molecule has 0 saturated heterocycles. The minimum absolute atomic E-state index is 0.0768. The Kier molecular flexibility index (Phi) is 8.21. The fraction of sp³-hybridized carbons (Fsp3) is 0.917. The summed E-state index contributed by atoms with van der Waals surface area (Å²) in [6.07, 6.45) is 1.30. The number of carbonyl (C=O) groups excluding carboxylic acids is 1. The lowest BCUT2D eigenvalue weighted by Gasteiger charge is -2.19. The Morgan fingerprint density at radius 3 is 2.50 bits per heavy atom. The predicted molar refractivity (Wildman–Crippen MR) is 64.4 cm³/mol. The van der Waals surface area contributed by atoms with Crippen LogP contribution in [0.2, 0.25) is 0 Å². The molecule has 0 bridgehead atoms. The molecule has 0 aliphatic rings. The number of nitrogens with one attached hydrogen (secondary N) is 1. The van der Waals surface area contributed by atoms with Crippen molar-refractivity contribution in [2.75, 3.05) is 26.3 Å². The average Bonchev–Trinajstić information content (AvgIpc) is 2.15. The molecule has 0 spiro atoms. The average molecular weight is 231 g/mol. The van der Waals surface area contributed by atoms with E-state index in [4.69, 9.17) is 9.47 Å². The Morgan fingerprint density at radius 1 is 1.25 bits per heavy atom. The smallest absolute Gasteiger partial charge is 0.305 e. The van der Waals surface area contributed by atoms with E-state index in [1.165, 1.54) is 0 Å². The van der Waals surface area contributed by atoms with Gasteiger partial charge in [0.05, 0.1) is 18.8 Å². The second-order valence-corrected chi connectivity index (χ2v) is 4.62. The summed E-state index contributed by atoms with van der Waals surface area (Å²) in [4.78, 5) is 11.0. The van der Waals surface area contributed by atoms with Crippen molar-refractivity contribution >= 4 is 5.97 Å². The second kappa shape index (κ2) is 8.53. The highest BCUT2D eigenvalue weighted by molar-refractivity contribution is 5.69. The maximum absolute atomic E-state index is 11.0. The molecule has 0 aromatic carbocycles. The summed E-state index contributed by atoms with van der Waals surface area (Å²) in [5.41, 5.74) is -0.0768. The molecular weight excluding hydrogens is 206 g/mol. The van der Waals surface area contributed by atoms with Gasteiger partial charge in [0.2, 0.25) is 0 Å². The standard InChI is InChI=1S/C12H25NO3/c1-5-15-11(14)7-6-8-13-9-10-16-12(2,3)4/h13H,5-10H2,1-4H3. The lowest BCUT2D eigenvalue weighted by atomic mass is 10.2. The zero-order valence-corrected chi connectivity index (χ0v) is 11.0. The van der Waals surface area contributed by atoms with Crippen LogP contribution in [0.1, 0.15) is 40.5 Å². The van der Waals surface area contributed by atoms with E-state index in [-0.39, 0.29) is 11.6 Å². The molecule has 4 heteroatoms.